The Bertz CT molecular complexity index is 1210. The highest BCUT2D eigenvalue weighted by Crippen LogP contribution is 2.25. The zero-order valence-electron chi connectivity index (χ0n) is 14.1. The molecule has 0 spiro atoms. The number of para-hydroxylation sites is 1. The summed E-state index contributed by atoms with van der Waals surface area (Å²) in [6, 6.07) is 21.9. The summed E-state index contributed by atoms with van der Waals surface area (Å²) in [4.78, 5) is 12.6. The van der Waals surface area contributed by atoms with Gasteiger partial charge in [-0.3, -0.25) is 4.79 Å². The molecule has 132 valence electrons. The summed E-state index contributed by atoms with van der Waals surface area (Å²) < 4.78 is 1.68. The molecule has 3 aromatic carbocycles. The van der Waals surface area contributed by atoms with Gasteiger partial charge in [-0.2, -0.15) is 5.10 Å². The average molecular weight is 393 g/mol. The summed E-state index contributed by atoms with van der Waals surface area (Å²) in [6.45, 7) is 0. The number of benzene rings is 2. The highest BCUT2D eigenvalue weighted by atomic mass is 35.5. The second-order valence-electron chi connectivity index (χ2n) is 5.98. The molecule has 0 bridgehead atoms. The van der Waals surface area contributed by atoms with Crippen LogP contribution in [0.1, 0.15) is 11.3 Å². The van der Waals surface area contributed by atoms with Crippen LogP contribution in [0.5, 0.6) is 0 Å². The molecule has 0 aliphatic heterocycles. The van der Waals surface area contributed by atoms with E-state index in [1.807, 2.05) is 60.7 Å². The number of hydrogen-bond acceptors (Lipinski definition) is 2. The van der Waals surface area contributed by atoms with Crippen LogP contribution in [0, 0.1) is 0 Å². The minimum atomic E-state index is -0.0875. The first-order chi connectivity index (χ1) is 13.1. The monoisotopic (exact) mass is 392 g/mol. The molecule has 0 radical (unpaired) electrons. The van der Waals surface area contributed by atoms with Crippen LogP contribution in [0.4, 0.5) is 0 Å². The molecular weight excluding hydrogens is 379 g/mol. The minimum Gasteiger partial charge on any atom is -0.288 e. The summed E-state index contributed by atoms with van der Waals surface area (Å²) in [6.07, 6.45) is 3.73. The molecule has 0 fully saturated rings. The summed E-state index contributed by atoms with van der Waals surface area (Å²) >= 11 is 12.2. The number of halogens is 2. The second kappa shape index (κ2) is 7.39. The van der Waals surface area contributed by atoms with Gasteiger partial charge in [-0.25, -0.2) is 4.68 Å². The van der Waals surface area contributed by atoms with Gasteiger partial charge in [0.05, 0.1) is 11.4 Å². The Kier molecular flexibility index (Phi) is 4.80. The van der Waals surface area contributed by atoms with Crippen LogP contribution in [0.15, 0.2) is 77.6 Å². The Morgan fingerprint density at radius 2 is 1.59 bits per heavy atom. The van der Waals surface area contributed by atoms with Gasteiger partial charge >= 0.3 is 0 Å². The van der Waals surface area contributed by atoms with Gasteiger partial charge < -0.3 is 0 Å². The maximum atomic E-state index is 12.6. The Morgan fingerprint density at radius 3 is 2.37 bits per heavy atom. The predicted octanol–water partition coefficient (Wildman–Crippen LogP) is 5.86. The van der Waals surface area contributed by atoms with Crippen LogP contribution >= 0.6 is 23.2 Å². The maximum absolute atomic E-state index is 12.6. The van der Waals surface area contributed by atoms with Crippen LogP contribution in [0.3, 0.4) is 0 Å². The largest absolute Gasteiger partial charge is 0.288 e. The Morgan fingerprint density at radius 1 is 0.852 bits per heavy atom. The van der Waals surface area contributed by atoms with Gasteiger partial charge in [0, 0.05) is 15.4 Å². The van der Waals surface area contributed by atoms with E-state index in [4.69, 9.17) is 23.2 Å². The second-order valence-corrected chi connectivity index (χ2v) is 6.82. The molecule has 5 heteroatoms. The highest BCUT2D eigenvalue weighted by Gasteiger charge is 2.12. The van der Waals surface area contributed by atoms with E-state index in [1.54, 1.807) is 28.9 Å². The van der Waals surface area contributed by atoms with Crippen LogP contribution in [-0.4, -0.2) is 9.78 Å². The lowest BCUT2D eigenvalue weighted by Gasteiger charge is -2.01. The van der Waals surface area contributed by atoms with E-state index < -0.39 is 0 Å². The average Bonchev–Trinajstić information content (AvgIpc) is 2.92. The molecule has 0 unspecified atom stereocenters. The van der Waals surface area contributed by atoms with E-state index in [-0.39, 0.29) is 5.43 Å². The third kappa shape index (κ3) is 3.52. The number of fused-ring (bicyclic) bond motifs is 1. The van der Waals surface area contributed by atoms with E-state index >= 15 is 0 Å². The SMILES string of the molecule is O=c1ccccc2c(/C=C\c3ccc(Cl)cc3Cl)nn(-c3ccccc3)c12. The minimum absolute atomic E-state index is 0.0875. The zero-order valence-corrected chi connectivity index (χ0v) is 15.7. The molecule has 3 nitrogen and oxygen atoms in total. The first kappa shape index (κ1) is 17.5. The van der Waals surface area contributed by atoms with Gasteiger partial charge in [0.2, 0.25) is 5.43 Å². The number of hydrogen-bond donors (Lipinski definition) is 0. The standard InChI is InChI=1S/C22H14Cl2N2O/c23-16-12-10-15(19(24)14-16)11-13-20-18-8-4-5-9-21(27)22(18)26(25-20)17-6-2-1-3-7-17/h1-14H/b13-11-. The van der Waals surface area contributed by atoms with Gasteiger partial charge in [-0.15, -0.1) is 0 Å². The van der Waals surface area contributed by atoms with Crippen molar-refractivity contribution in [3.63, 3.8) is 0 Å². The first-order valence-corrected chi connectivity index (χ1v) is 9.10. The lowest BCUT2D eigenvalue weighted by atomic mass is 10.1. The quantitative estimate of drug-likeness (QED) is 0.437. The van der Waals surface area contributed by atoms with Crippen LogP contribution < -0.4 is 5.43 Å². The molecule has 0 aliphatic rings. The van der Waals surface area contributed by atoms with Gasteiger partial charge in [0.15, 0.2) is 0 Å². The highest BCUT2D eigenvalue weighted by molar-refractivity contribution is 6.35. The van der Waals surface area contributed by atoms with Crippen LogP contribution in [0.25, 0.3) is 28.7 Å². The molecule has 1 aromatic heterocycles. The molecule has 0 atom stereocenters. The molecule has 0 amide bonds. The van der Waals surface area contributed by atoms with E-state index in [0.29, 0.717) is 21.3 Å². The molecule has 1 heterocycles. The molecular formula is C22H14Cl2N2O. The topological polar surface area (TPSA) is 34.9 Å². The Labute approximate surface area is 166 Å². The third-order valence-electron chi connectivity index (χ3n) is 4.19. The van der Waals surface area contributed by atoms with E-state index in [0.717, 1.165) is 16.6 Å². The van der Waals surface area contributed by atoms with Crippen molar-refractivity contribution in [2.45, 2.75) is 0 Å². The van der Waals surface area contributed by atoms with E-state index in [2.05, 4.69) is 5.10 Å². The van der Waals surface area contributed by atoms with Crippen molar-refractivity contribution in [2.24, 2.45) is 0 Å². The van der Waals surface area contributed by atoms with Gasteiger partial charge in [-0.1, -0.05) is 71.7 Å². The van der Waals surface area contributed by atoms with Crippen molar-refractivity contribution in [1.82, 2.24) is 9.78 Å². The molecule has 4 aromatic rings. The summed E-state index contributed by atoms with van der Waals surface area (Å²) in [7, 11) is 0. The lowest BCUT2D eigenvalue weighted by molar-refractivity contribution is 0.902. The van der Waals surface area contributed by atoms with Gasteiger partial charge in [0.25, 0.3) is 0 Å². The van der Waals surface area contributed by atoms with E-state index in [1.165, 1.54) is 0 Å². The molecule has 0 N–H and O–H groups in total. The first-order valence-electron chi connectivity index (χ1n) is 8.34. The molecule has 0 aliphatic carbocycles. The lowest BCUT2D eigenvalue weighted by Crippen LogP contribution is -2.04. The zero-order chi connectivity index (χ0) is 18.8. The van der Waals surface area contributed by atoms with Crippen molar-refractivity contribution in [3.05, 3.63) is 104 Å². The van der Waals surface area contributed by atoms with Crippen molar-refractivity contribution >= 4 is 46.3 Å². The molecule has 27 heavy (non-hydrogen) atoms. The Balaban J connectivity index is 1.92. The fourth-order valence-corrected chi connectivity index (χ4v) is 3.38. The smallest absolute Gasteiger partial charge is 0.204 e. The number of aromatic nitrogens is 2. The normalized spacial score (nSPS) is 11.3. The molecule has 0 saturated carbocycles. The molecule has 0 saturated heterocycles. The third-order valence-corrected chi connectivity index (χ3v) is 4.75. The van der Waals surface area contributed by atoms with Crippen molar-refractivity contribution in [2.75, 3.05) is 0 Å². The molecule has 4 rings (SSSR count). The van der Waals surface area contributed by atoms with Crippen molar-refractivity contribution in [1.29, 1.82) is 0 Å². The summed E-state index contributed by atoms with van der Waals surface area (Å²) in [5.41, 5.74) is 2.79. The van der Waals surface area contributed by atoms with E-state index in [9.17, 15) is 4.79 Å². The maximum Gasteiger partial charge on any atom is 0.204 e. The van der Waals surface area contributed by atoms with Crippen molar-refractivity contribution in [3.8, 4) is 5.69 Å². The predicted molar refractivity (Wildman–Crippen MR) is 113 cm³/mol. The Hall–Kier alpha value is -2.88. The fourth-order valence-electron chi connectivity index (χ4n) is 2.91. The van der Waals surface area contributed by atoms with Gasteiger partial charge in [0.1, 0.15) is 5.52 Å². The summed E-state index contributed by atoms with van der Waals surface area (Å²) in [5, 5.41) is 6.58. The fraction of sp³-hybridized carbons (Fsp3) is 0. The van der Waals surface area contributed by atoms with Crippen molar-refractivity contribution < 1.29 is 0 Å². The number of rotatable bonds is 3. The van der Waals surface area contributed by atoms with Gasteiger partial charge in [-0.05, 0) is 42.0 Å². The van der Waals surface area contributed by atoms with Crippen LogP contribution in [-0.2, 0) is 0 Å². The summed E-state index contributed by atoms with van der Waals surface area (Å²) in [5.74, 6) is 0. The van der Waals surface area contributed by atoms with Crippen LogP contribution in [0.2, 0.25) is 10.0 Å². The number of nitrogens with zero attached hydrogens (tertiary/aromatic N) is 2.